The summed E-state index contributed by atoms with van der Waals surface area (Å²) in [6.45, 7) is 5.76. The van der Waals surface area contributed by atoms with Gasteiger partial charge in [0.1, 0.15) is 72.6 Å². The van der Waals surface area contributed by atoms with Gasteiger partial charge in [0.25, 0.3) is 11.4 Å². The first kappa shape index (κ1) is 56.2. The number of ether oxygens (including phenoxy) is 5. The molecule has 0 bridgehead atoms. The van der Waals surface area contributed by atoms with Crippen molar-refractivity contribution in [3.05, 3.63) is 152 Å². The van der Waals surface area contributed by atoms with E-state index in [4.69, 9.17) is 42.0 Å². The standard InChI is InChI=1S/C22H18N6O6.C15H15N5O2.C7H4ClNO4.C4H8O.CH4/c1-13-9-14-10-17(33-21-18(11-26-32-2)20(23)24-12-25-21)7-8-19(14)27(13)22(29)34-16-5-3-15(4-6-16)28(30)31;1-9-5-10-6-11(3-4-13(10)20-9)22-15-12(7-19-21-2)14(16)17-8-18-15;8-7(10)13-6-3-1-5(2-4-6)9(11)12;1-2-4-5-3-1;/h3-12H,1-2H3,(H2,23,24,25);3-8,20H,1-2H3,(H2,16,17,18);1-4H;1-4H2;1H4/b26-11+;19-7+;;;. The van der Waals surface area contributed by atoms with E-state index in [1.165, 1.54) is 105 Å². The Hall–Kier alpha value is -9.75. The highest BCUT2D eigenvalue weighted by atomic mass is 35.5. The minimum absolute atomic E-state index is 0. The maximum absolute atomic E-state index is 12.8. The van der Waals surface area contributed by atoms with Crippen LogP contribution >= 0.6 is 11.6 Å². The third kappa shape index (κ3) is 15.9. The van der Waals surface area contributed by atoms with Crippen LogP contribution in [-0.2, 0) is 14.4 Å². The number of aromatic amines is 1. The highest BCUT2D eigenvalue weighted by Crippen LogP contribution is 2.31. The Labute approximate surface area is 431 Å². The van der Waals surface area contributed by atoms with E-state index in [0.29, 0.717) is 45.1 Å². The first-order chi connectivity index (χ1) is 35.6. The fourth-order valence-corrected chi connectivity index (χ4v) is 6.69. The van der Waals surface area contributed by atoms with Crippen LogP contribution < -0.4 is 30.4 Å². The van der Waals surface area contributed by atoms with Crippen molar-refractivity contribution in [3.63, 3.8) is 0 Å². The number of fused-ring (bicyclic) bond motifs is 2. The average Bonchev–Trinajstić information content (AvgIpc) is 4.15. The molecule has 0 radical (unpaired) electrons. The number of oxime groups is 2. The minimum Gasteiger partial charge on any atom is -0.438 e. The summed E-state index contributed by atoms with van der Waals surface area (Å²) in [5, 5.41) is 30.1. The highest BCUT2D eigenvalue weighted by Gasteiger charge is 2.18. The smallest absolute Gasteiger partial charge is 0.424 e. The Morgan fingerprint density at radius 2 is 1.17 bits per heavy atom. The summed E-state index contributed by atoms with van der Waals surface area (Å²) in [5.41, 5.74) is 14.7. The molecule has 0 saturated carbocycles. The number of nitro groups is 2. The van der Waals surface area contributed by atoms with E-state index in [2.05, 4.69) is 49.6 Å². The molecule has 5 N–H and O–H groups in total. The first-order valence-electron chi connectivity index (χ1n) is 21.7. The van der Waals surface area contributed by atoms with Crippen molar-refractivity contribution in [3.8, 4) is 34.8 Å². The zero-order chi connectivity index (χ0) is 53.1. The molecular formula is C49H49ClN12O13. The van der Waals surface area contributed by atoms with Crippen LogP contribution in [0.5, 0.6) is 34.8 Å². The molecule has 8 aromatic rings. The highest BCUT2D eigenvalue weighted by molar-refractivity contribution is 6.61. The van der Waals surface area contributed by atoms with Crippen LogP contribution in [0.2, 0.25) is 0 Å². The summed E-state index contributed by atoms with van der Waals surface area (Å²) < 4.78 is 27.9. The van der Waals surface area contributed by atoms with Crippen LogP contribution in [0.25, 0.3) is 21.8 Å². The van der Waals surface area contributed by atoms with Crippen LogP contribution in [0.15, 0.2) is 120 Å². The predicted octanol–water partition coefficient (Wildman–Crippen LogP) is 10.4. The number of aromatic nitrogens is 6. The second-order valence-corrected chi connectivity index (χ2v) is 15.4. The quantitative estimate of drug-likeness (QED) is 0.0443. The van der Waals surface area contributed by atoms with E-state index in [1.807, 2.05) is 31.2 Å². The number of nitro benzene ring substituents is 2. The molecule has 0 amide bonds. The SMILES string of the molecule is C.C1CCOC1.CO/N=C/c1c(N)ncnc1Oc1ccc2[nH]c(C)cc2c1.CO/N=C/c1c(N)ncnc1Oc1ccc2c(c1)cc(C)n2C(=O)Oc1ccc([N+](=O)[O-])cc1.O=C(Cl)Oc1ccc([N+](=O)[O-])cc1. The Kier molecular flexibility index (Phi) is 20.4. The van der Waals surface area contributed by atoms with Crippen molar-refractivity contribution in [2.75, 3.05) is 38.9 Å². The molecule has 25 nitrogen and oxygen atoms in total. The number of non-ortho nitro benzene ring substituents is 2. The minimum atomic E-state index is -0.978. The molecule has 26 heteroatoms. The molecule has 5 heterocycles. The van der Waals surface area contributed by atoms with Crippen molar-refractivity contribution in [2.45, 2.75) is 34.1 Å². The van der Waals surface area contributed by atoms with Crippen LogP contribution in [0.3, 0.4) is 0 Å². The normalized spacial score (nSPS) is 11.5. The molecule has 0 unspecified atom stereocenters. The molecule has 1 fully saturated rings. The van der Waals surface area contributed by atoms with Gasteiger partial charge in [0.05, 0.1) is 27.8 Å². The third-order valence-electron chi connectivity index (χ3n) is 9.95. The predicted molar refractivity (Wildman–Crippen MR) is 278 cm³/mol. The molecule has 0 spiro atoms. The molecule has 0 atom stereocenters. The van der Waals surface area contributed by atoms with Gasteiger partial charge in [-0.15, -0.1) is 0 Å². The number of nitrogens with two attached hydrogens (primary N) is 2. The third-order valence-corrected chi connectivity index (χ3v) is 10.0. The number of rotatable bonds is 12. The van der Waals surface area contributed by atoms with E-state index >= 15 is 0 Å². The van der Waals surface area contributed by atoms with E-state index in [1.54, 1.807) is 31.2 Å². The van der Waals surface area contributed by atoms with Gasteiger partial charge in [-0.05, 0) is 99.5 Å². The number of halogens is 1. The van der Waals surface area contributed by atoms with Crippen molar-refractivity contribution in [1.29, 1.82) is 0 Å². The van der Waals surface area contributed by atoms with Gasteiger partial charge in [-0.2, -0.15) is 0 Å². The number of nitrogen functional groups attached to an aromatic ring is 2. The summed E-state index contributed by atoms with van der Waals surface area (Å²) in [7, 11) is 2.84. The molecule has 1 aliphatic heterocycles. The van der Waals surface area contributed by atoms with Crippen LogP contribution in [0.1, 0.15) is 42.8 Å². The molecule has 390 valence electrons. The average molecular weight is 1050 g/mol. The number of aryl methyl sites for hydroxylation is 2. The number of benzene rings is 4. The van der Waals surface area contributed by atoms with Crippen molar-refractivity contribution < 1.29 is 52.8 Å². The lowest BCUT2D eigenvalue weighted by Crippen LogP contribution is -2.17. The number of nitrogens with zero attached hydrogens (tertiary/aromatic N) is 9. The van der Waals surface area contributed by atoms with Crippen molar-refractivity contribution >= 4 is 80.4 Å². The van der Waals surface area contributed by atoms with Gasteiger partial charge in [0.15, 0.2) is 0 Å². The monoisotopic (exact) mass is 1050 g/mol. The number of anilines is 2. The molecular weight excluding hydrogens is 1000 g/mol. The number of H-pyrrole nitrogens is 1. The Balaban J connectivity index is 0.000000215. The number of nitrogens with one attached hydrogen (secondary N) is 1. The Morgan fingerprint density at radius 3 is 1.64 bits per heavy atom. The largest absolute Gasteiger partial charge is 0.438 e. The fourth-order valence-electron chi connectivity index (χ4n) is 6.60. The topological polar surface area (TPSA) is 334 Å². The van der Waals surface area contributed by atoms with Gasteiger partial charge in [-0.1, -0.05) is 17.7 Å². The second-order valence-electron chi connectivity index (χ2n) is 15.1. The molecule has 4 aromatic carbocycles. The summed E-state index contributed by atoms with van der Waals surface area (Å²) >= 11 is 4.92. The van der Waals surface area contributed by atoms with E-state index in [0.717, 1.165) is 29.8 Å². The Bertz CT molecular complexity index is 3300. The van der Waals surface area contributed by atoms with E-state index in [-0.39, 0.29) is 47.8 Å². The fraction of sp³-hybridized carbons (Fsp3) is 0.184. The maximum Gasteiger partial charge on any atom is 0.424 e. The molecule has 1 aliphatic rings. The van der Waals surface area contributed by atoms with Crippen LogP contribution in [0, 0.1) is 34.1 Å². The van der Waals surface area contributed by atoms with Crippen molar-refractivity contribution in [2.24, 2.45) is 10.3 Å². The molecule has 0 aliphatic carbocycles. The van der Waals surface area contributed by atoms with Crippen LogP contribution in [-0.4, -0.2) is 90.7 Å². The molecule has 75 heavy (non-hydrogen) atoms. The molecule has 4 aromatic heterocycles. The zero-order valence-corrected chi connectivity index (χ0v) is 40.5. The summed E-state index contributed by atoms with van der Waals surface area (Å²) in [5.74, 6) is 2.39. The number of hydrogen-bond donors (Lipinski definition) is 3. The Morgan fingerprint density at radius 1 is 0.693 bits per heavy atom. The second kappa shape index (κ2) is 27.2. The van der Waals surface area contributed by atoms with Gasteiger partial charge in [0.2, 0.25) is 11.8 Å². The summed E-state index contributed by atoms with van der Waals surface area (Å²) in [6.07, 6.45) is 7.27. The van der Waals surface area contributed by atoms with Gasteiger partial charge in [-0.25, -0.2) is 34.1 Å². The van der Waals surface area contributed by atoms with Crippen molar-refractivity contribution in [1.82, 2.24) is 29.5 Å². The first-order valence-corrected chi connectivity index (χ1v) is 22.1. The van der Waals surface area contributed by atoms with Gasteiger partial charge < -0.3 is 49.8 Å². The zero-order valence-electron chi connectivity index (χ0n) is 39.7. The maximum atomic E-state index is 12.8. The molecule has 9 rings (SSSR count). The number of carbonyl (C=O) groups excluding carboxylic acids is 2. The van der Waals surface area contributed by atoms with E-state index < -0.39 is 21.4 Å². The number of carbonyl (C=O) groups is 2. The van der Waals surface area contributed by atoms with E-state index in [9.17, 15) is 29.8 Å². The number of hydrogen-bond acceptors (Lipinski definition) is 21. The lowest BCUT2D eigenvalue weighted by atomic mass is 10.2. The summed E-state index contributed by atoms with van der Waals surface area (Å²) in [6, 6.07) is 24.9. The van der Waals surface area contributed by atoms with Gasteiger partial charge in [-0.3, -0.25) is 20.2 Å². The molecule has 1 saturated heterocycles. The lowest BCUT2D eigenvalue weighted by molar-refractivity contribution is -0.385. The van der Waals surface area contributed by atoms with Crippen LogP contribution in [0.4, 0.5) is 32.6 Å². The summed E-state index contributed by atoms with van der Waals surface area (Å²) in [4.78, 5) is 71.6. The lowest BCUT2D eigenvalue weighted by Gasteiger charge is -2.10. The van der Waals surface area contributed by atoms with Gasteiger partial charge >= 0.3 is 11.5 Å². The van der Waals surface area contributed by atoms with Gasteiger partial charge in [0, 0.05) is 76.8 Å².